The van der Waals surface area contributed by atoms with Crippen LogP contribution in [0.15, 0.2) is 60.7 Å². The summed E-state index contributed by atoms with van der Waals surface area (Å²) in [6, 6.07) is 19.0. The van der Waals surface area contributed by atoms with Crippen LogP contribution in [0.4, 0.5) is 0 Å². The lowest BCUT2D eigenvalue weighted by Crippen LogP contribution is -2.51. The predicted octanol–water partition coefficient (Wildman–Crippen LogP) is 2.04. The van der Waals surface area contributed by atoms with E-state index in [1.807, 2.05) is 54.6 Å². The molecular formula is C25H25N5O3. The van der Waals surface area contributed by atoms with Gasteiger partial charge in [-0.05, 0) is 30.5 Å². The first kappa shape index (κ1) is 22.1. The molecule has 2 heterocycles. The van der Waals surface area contributed by atoms with Crippen molar-refractivity contribution in [3.8, 4) is 6.07 Å². The molecule has 3 amide bonds. The Hall–Kier alpha value is -4.12. The van der Waals surface area contributed by atoms with Gasteiger partial charge in [0, 0.05) is 29.8 Å². The van der Waals surface area contributed by atoms with Gasteiger partial charge in [0.2, 0.25) is 11.8 Å². The summed E-state index contributed by atoms with van der Waals surface area (Å²) in [6.07, 6.45) is 1.14. The minimum atomic E-state index is -0.889. The lowest BCUT2D eigenvalue weighted by atomic mass is 9.98. The molecule has 1 saturated heterocycles. The van der Waals surface area contributed by atoms with Crippen LogP contribution in [0.3, 0.4) is 0 Å². The first-order valence-electron chi connectivity index (χ1n) is 10.9. The Morgan fingerprint density at radius 3 is 2.55 bits per heavy atom. The number of fused-ring (bicyclic) bond motifs is 1. The van der Waals surface area contributed by atoms with Gasteiger partial charge in [0.25, 0.3) is 5.91 Å². The van der Waals surface area contributed by atoms with Crippen molar-refractivity contribution in [1.82, 2.24) is 20.9 Å². The number of hydrogen-bond donors (Lipinski definition) is 4. The van der Waals surface area contributed by atoms with Crippen molar-refractivity contribution in [3.63, 3.8) is 0 Å². The highest BCUT2D eigenvalue weighted by molar-refractivity contribution is 6.00. The van der Waals surface area contributed by atoms with Crippen LogP contribution < -0.4 is 16.0 Å². The van der Waals surface area contributed by atoms with Crippen molar-refractivity contribution in [2.75, 3.05) is 6.54 Å². The van der Waals surface area contributed by atoms with Crippen molar-refractivity contribution < 1.29 is 14.4 Å². The zero-order chi connectivity index (χ0) is 23.2. The number of aromatic nitrogens is 1. The molecule has 3 aromatic rings. The summed E-state index contributed by atoms with van der Waals surface area (Å²) in [5, 5.41) is 18.7. The quantitative estimate of drug-likeness (QED) is 0.425. The number of rotatable bonds is 8. The maximum absolute atomic E-state index is 13.1. The van der Waals surface area contributed by atoms with E-state index in [1.165, 1.54) is 0 Å². The molecule has 4 N–H and O–H groups in total. The summed E-state index contributed by atoms with van der Waals surface area (Å²) in [6.45, 7) is 0.576. The van der Waals surface area contributed by atoms with Crippen LogP contribution in [0.25, 0.3) is 10.9 Å². The van der Waals surface area contributed by atoms with E-state index < -0.39 is 23.9 Å². The topological polar surface area (TPSA) is 127 Å². The Morgan fingerprint density at radius 2 is 1.85 bits per heavy atom. The molecule has 0 bridgehead atoms. The van der Waals surface area contributed by atoms with Crippen LogP contribution in [-0.2, 0) is 16.0 Å². The van der Waals surface area contributed by atoms with E-state index in [0.29, 0.717) is 18.7 Å². The zero-order valence-corrected chi connectivity index (χ0v) is 18.0. The van der Waals surface area contributed by atoms with Crippen molar-refractivity contribution in [3.05, 3.63) is 71.9 Å². The Bertz CT molecular complexity index is 1160. The molecule has 8 heteroatoms. The Morgan fingerprint density at radius 1 is 1.09 bits per heavy atom. The second kappa shape index (κ2) is 10.0. The molecule has 0 saturated carbocycles. The fourth-order valence-electron chi connectivity index (χ4n) is 4.06. The number of carbonyl (C=O) groups is 3. The van der Waals surface area contributed by atoms with E-state index in [4.69, 9.17) is 0 Å². The Kier molecular flexibility index (Phi) is 6.69. The summed E-state index contributed by atoms with van der Waals surface area (Å²) in [5.41, 5.74) is 2.05. The molecule has 33 heavy (non-hydrogen) atoms. The lowest BCUT2D eigenvalue weighted by Gasteiger charge is -2.21. The second-order valence-electron chi connectivity index (χ2n) is 8.19. The maximum atomic E-state index is 13.1. The summed E-state index contributed by atoms with van der Waals surface area (Å²) >= 11 is 0. The monoisotopic (exact) mass is 443 g/mol. The number of benzene rings is 2. The van der Waals surface area contributed by atoms with E-state index in [2.05, 4.69) is 27.0 Å². The Balaban J connectivity index is 1.49. The van der Waals surface area contributed by atoms with Crippen LogP contribution in [-0.4, -0.2) is 41.3 Å². The van der Waals surface area contributed by atoms with E-state index >= 15 is 0 Å². The highest BCUT2D eigenvalue weighted by atomic mass is 16.2. The highest BCUT2D eigenvalue weighted by Gasteiger charge is 2.30. The minimum Gasteiger partial charge on any atom is -0.356 e. The lowest BCUT2D eigenvalue weighted by molar-refractivity contribution is -0.125. The van der Waals surface area contributed by atoms with E-state index in [0.717, 1.165) is 16.5 Å². The van der Waals surface area contributed by atoms with Crippen LogP contribution in [0.1, 0.15) is 28.9 Å². The highest BCUT2D eigenvalue weighted by Crippen LogP contribution is 2.17. The van der Waals surface area contributed by atoms with Crippen LogP contribution in [0, 0.1) is 17.2 Å². The van der Waals surface area contributed by atoms with Crippen molar-refractivity contribution in [2.24, 2.45) is 5.92 Å². The molecule has 1 aliphatic heterocycles. The van der Waals surface area contributed by atoms with Crippen molar-refractivity contribution >= 4 is 28.6 Å². The number of H-pyrrole nitrogens is 1. The van der Waals surface area contributed by atoms with Gasteiger partial charge in [-0.15, -0.1) is 0 Å². The zero-order valence-electron chi connectivity index (χ0n) is 18.0. The fraction of sp³-hybridized carbons (Fsp3) is 0.280. The van der Waals surface area contributed by atoms with Gasteiger partial charge in [-0.3, -0.25) is 14.4 Å². The molecule has 4 rings (SSSR count). The molecule has 2 aromatic carbocycles. The number of para-hydroxylation sites is 1. The number of nitriles is 1. The molecule has 0 aliphatic carbocycles. The van der Waals surface area contributed by atoms with Crippen LogP contribution in [0.5, 0.6) is 0 Å². The number of carbonyl (C=O) groups excluding carboxylic acids is 3. The summed E-state index contributed by atoms with van der Waals surface area (Å²) in [5.74, 6) is -1.28. The third-order valence-electron chi connectivity index (χ3n) is 5.83. The molecule has 1 fully saturated rings. The average molecular weight is 444 g/mol. The molecule has 1 aromatic heterocycles. The third-order valence-corrected chi connectivity index (χ3v) is 5.83. The molecule has 0 spiro atoms. The van der Waals surface area contributed by atoms with E-state index in [9.17, 15) is 19.6 Å². The molecule has 3 unspecified atom stereocenters. The first-order chi connectivity index (χ1) is 16.0. The average Bonchev–Trinajstić information content (AvgIpc) is 3.44. The second-order valence-corrected chi connectivity index (χ2v) is 8.19. The van der Waals surface area contributed by atoms with Crippen molar-refractivity contribution in [2.45, 2.75) is 31.3 Å². The summed E-state index contributed by atoms with van der Waals surface area (Å²) < 4.78 is 0. The number of nitrogens with one attached hydrogen (secondary N) is 4. The smallest absolute Gasteiger partial charge is 0.268 e. The summed E-state index contributed by atoms with van der Waals surface area (Å²) in [7, 11) is 0. The minimum absolute atomic E-state index is 0.0996. The fourth-order valence-corrected chi connectivity index (χ4v) is 4.06. The molecule has 8 nitrogen and oxygen atoms in total. The molecule has 1 aliphatic rings. The molecule has 168 valence electrons. The van der Waals surface area contributed by atoms with Gasteiger partial charge in [0.1, 0.15) is 17.8 Å². The van der Waals surface area contributed by atoms with Gasteiger partial charge >= 0.3 is 0 Å². The maximum Gasteiger partial charge on any atom is 0.268 e. The van der Waals surface area contributed by atoms with Crippen molar-refractivity contribution in [1.29, 1.82) is 5.26 Å². The van der Waals surface area contributed by atoms with Gasteiger partial charge in [0.15, 0.2) is 0 Å². The molecule has 0 radical (unpaired) electrons. The normalized spacial score (nSPS) is 17.1. The third kappa shape index (κ3) is 5.39. The first-order valence-corrected chi connectivity index (χ1v) is 10.9. The standard InChI is InChI=1S/C25H25N5O3/c26-15-19(13-18-10-11-27-23(18)31)28-24(32)21(12-16-6-2-1-3-7-16)30-25(33)22-14-17-8-4-5-9-20(17)29-22/h1-9,14,18-19,21,29H,10-13H2,(H,27,31)(H,28,32)(H,30,33). The van der Waals surface area contributed by atoms with Crippen LogP contribution in [0.2, 0.25) is 0 Å². The van der Waals surface area contributed by atoms with Gasteiger partial charge < -0.3 is 20.9 Å². The predicted molar refractivity (Wildman–Crippen MR) is 123 cm³/mol. The largest absolute Gasteiger partial charge is 0.356 e. The van der Waals surface area contributed by atoms with Gasteiger partial charge in [-0.2, -0.15) is 5.26 Å². The number of aromatic amines is 1. The SMILES string of the molecule is N#CC(CC1CCNC1=O)NC(=O)C(Cc1ccccc1)NC(=O)c1cc2ccccc2[nH]1. The van der Waals surface area contributed by atoms with Gasteiger partial charge in [0.05, 0.1) is 6.07 Å². The number of amides is 3. The molecule has 3 atom stereocenters. The van der Waals surface area contributed by atoms with Crippen LogP contribution >= 0.6 is 0 Å². The number of hydrogen-bond acceptors (Lipinski definition) is 4. The van der Waals surface area contributed by atoms with Gasteiger partial charge in [-0.25, -0.2) is 0 Å². The van der Waals surface area contributed by atoms with E-state index in [-0.39, 0.29) is 24.7 Å². The summed E-state index contributed by atoms with van der Waals surface area (Å²) in [4.78, 5) is 41.0. The van der Waals surface area contributed by atoms with E-state index in [1.54, 1.807) is 6.07 Å². The number of nitrogens with zero attached hydrogens (tertiary/aromatic N) is 1. The van der Waals surface area contributed by atoms with Gasteiger partial charge in [-0.1, -0.05) is 48.5 Å². The Labute approximate surface area is 191 Å². The molecular weight excluding hydrogens is 418 g/mol.